The summed E-state index contributed by atoms with van der Waals surface area (Å²) in [6, 6.07) is 0. The van der Waals surface area contributed by atoms with Crippen LogP contribution in [0.1, 0.15) is 6.42 Å². The molecule has 1 aliphatic heterocycles. The van der Waals surface area contributed by atoms with Crippen LogP contribution < -0.4 is 5.09 Å². The average molecular weight is 176 g/mol. The van der Waals surface area contributed by atoms with Crippen molar-refractivity contribution in [2.24, 2.45) is 5.92 Å². The summed E-state index contributed by atoms with van der Waals surface area (Å²) in [6.45, 7) is 0.471. The highest BCUT2D eigenvalue weighted by Crippen LogP contribution is 2.15. The lowest BCUT2D eigenvalue weighted by Gasteiger charge is -2.27. The number of hydrogen-bond acceptors (Lipinski definition) is 4. The molecule has 1 heterocycles. The number of nitrogens with one attached hydrogen (secondary N) is 1. The van der Waals surface area contributed by atoms with Gasteiger partial charge in [-0.3, -0.25) is 15.4 Å². The van der Waals surface area contributed by atoms with Crippen LogP contribution in [0.5, 0.6) is 0 Å². The minimum atomic E-state index is -0.570. The molecule has 0 bridgehead atoms. The smallest absolute Gasteiger partial charge is 0.112 e. The lowest BCUT2D eigenvalue weighted by Crippen LogP contribution is -2.38. The molecule has 3 unspecified atom stereocenters. The number of allylic oxidation sites excluding steroid dienone is 1. The van der Waals surface area contributed by atoms with Crippen molar-refractivity contribution in [2.45, 2.75) is 12.6 Å². The quantitative estimate of drug-likeness (QED) is 0.406. The van der Waals surface area contributed by atoms with Crippen molar-refractivity contribution in [2.75, 3.05) is 6.54 Å². The number of aliphatic hydroxyl groups excluding tert-OH is 1. The van der Waals surface area contributed by atoms with E-state index in [9.17, 15) is 5.11 Å². The first-order chi connectivity index (χ1) is 5.24. The molecule has 0 saturated carbocycles. The van der Waals surface area contributed by atoms with Crippen molar-refractivity contribution in [1.82, 2.24) is 10.2 Å². The second-order valence-electron chi connectivity index (χ2n) is 2.61. The summed E-state index contributed by atoms with van der Waals surface area (Å²) in [5.41, 5.74) is 0. The third kappa shape index (κ3) is 2.42. The Morgan fingerprint density at radius 3 is 3.00 bits per heavy atom. The Labute approximate surface area is 68.1 Å². The number of hydrogen-bond donors (Lipinski definition) is 3. The molecule has 4 nitrogen and oxygen atoms in total. The molecule has 64 valence electrons. The van der Waals surface area contributed by atoms with Crippen LogP contribution in [0.4, 0.5) is 0 Å². The molecule has 0 aromatic carbocycles. The van der Waals surface area contributed by atoms with Gasteiger partial charge in [0.25, 0.3) is 0 Å². The molecule has 3 N–H and O–H groups in total. The van der Waals surface area contributed by atoms with Crippen LogP contribution in [0.15, 0.2) is 12.3 Å². The van der Waals surface area contributed by atoms with E-state index in [-0.39, 0.29) is 5.92 Å². The largest absolute Gasteiger partial charge is 0.378 e. The van der Waals surface area contributed by atoms with E-state index in [2.05, 4.69) is 14.5 Å². The highest BCUT2D eigenvalue weighted by Gasteiger charge is 2.20. The molecule has 0 aliphatic carbocycles. The molecule has 0 radical (unpaired) electrons. The molecule has 0 saturated heterocycles. The van der Waals surface area contributed by atoms with Gasteiger partial charge in [0.05, 0.1) is 6.54 Å². The van der Waals surface area contributed by atoms with Crippen molar-refractivity contribution < 1.29 is 10.3 Å². The predicted octanol–water partition coefficient (Wildman–Crippen LogP) is -0.0907. The van der Waals surface area contributed by atoms with E-state index in [0.29, 0.717) is 6.54 Å². The van der Waals surface area contributed by atoms with Crippen LogP contribution in [0.2, 0.25) is 0 Å². The second-order valence-corrected chi connectivity index (χ2v) is 2.95. The zero-order chi connectivity index (χ0) is 8.27. The Morgan fingerprint density at radius 2 is 2.45 bits per heavy atom. The number of nitrogens with zero attached hydrogens (tertiary/aromatic N) is 1. The minimum absolute atomic E-state index is 0.0579. The van der Waals surface area contributed by atoms with Gasteiger partial charge in [0, 0.05) is 12.1 Å². The van der Waals surface area contributed by atoms with E-state index < -0.39 is 6.23 Å². The van der Waals surface area contributed by atoms with E-state index in [0.717, 1.165) is 11.5 Å². The third-order valence-corrected chi connectivity index (χ3v) is 2.10. The van der Waals surface area contributed by atoms with Crippen LogP contribution in [-0.2, 0) is 0 Å². The Bertz CT molecular complexity index is 154. The molecule has 0 fully saturated rings. The topological polar surface area (TPSA) is 55.7 Å². The van der Waals surface area contributed by atoms with Gasteiger partial charge < -0.3 is 5.11 Å². The summed E-state index contributed by atoms with van der Waals surface area (Å²) in [5, 5.41) is 22.1. The second kappa shape index (κ2) is 4.02. The number of rotatable bonds is 2. The SMILES string of the molecule is OC(NP)C1CC=CN(O)C1. The lowest BCUT2D eigenvalue weighted by molar-refractivity contribution is -0.0754. The van der Waals surface area contributed by atoms with Crippen molar-refractivity contribution in [3.05, 3.63) is 12.3 Å². The predicted molar refractivity (Wildman–Crippen MR) is 44.6 cm³/mol. The Hall–Kier alpha value is -0.150. The number of hydroxylamine groups is 2. The lowest BCUT2D eigenvalue weighted by atomic mass is 10.0. The maximum Gasteiger partial charge on any atom is 0.112 e. The maximum atomic E-state index is 9.30. The van der Waals surface area contributed by atoms with Crippen molar-refractivity contribution in [3.63, 3.8) is 0 Å². The molecule has 11 heavy (non-hydrogen) atoms. The number of aliphatic hydroxyl groups is 1. The highest BCUT2D eigenvalue weighted by atomic mass is 31.0. The van der Waals surface area contributed by atoms with Gasteiger partial charge in [0.15, 0.2) is 0 Å². The standard InChI is InChI=1S/C6H13N2O2P/c9-6(7-11)5-2-1-3-8(10)4-5/h1,3,5-7,9-10H,2,4,11H2. The first kappa shape index (κ1) is 8.94. The van der Waals surface area contributed by atoms with Gasteiger partial charge in [0.1, 0.15) is 6.23 Å². The fraction of sp³-hybridized carbons (Fsp3) is 0.667. The van der Waals surface area contributed by atoms with Crippen LogP contribution >= 0.6 is 9.39 Å². The normalized spacial score (nSPS) is 27.2. The van der Waals surface area contributed by atoms with Gasteiger partial charge in [-0.1, -0.05) is 15.5 Å². The molecule has 1 rings (SSSR count). The average Bonchev–Trinajstić information content (AvgIpc) is 2.03. The van der Waals surface area contributed by atoms with Gasteiger partial charge in [-0.15, -0.1) is 0 Å². The monoisotopic (exact) mass is 176 g/mol. The molecule has 0 aromatic rings. The van der Waals surface area contributed by atoms with E-state index in [1.165, 1.54) is 0 Å². The van der Waals surface area contributed by atoms with E-state index in [4.69, 9.17) is 5.21 Å². The molecular formula is C6H13N2O2P. The zero-order valence-electron chi connectivity index (χ0n) is 6.14. The first-order valence-corrected chi connectivity index (χ1v) is 4.08. The Morgan fingerprint density at radius 1 is 1.73 bits per heavy atom. The minimum Gasteiger partial charge on any atom is -0.378 e. The molecule has 0 aromatic heterocycles. The van der Waals surface area contributed by atoms with Crippen molar-refractivity contribution in [1.29, 1.82) is 0 Å². The molecule has 1 aliphatic rings. The van der Waals surface area contributed by atoms with Crippen LogP contribution in [0.25, 0.3) is 0 Å². The summed E-state index contributed by atoms with van der Waals surface area (Å²) in [5.74, 6) is 0.0579. The fourth-order valence-corrected chi connectivity index (χ4v) is 1.37. The van der Waals surface area contributed by atoms with Crippen molar-refractivity contribution in [3.8, 4) is 0 Å². The maximum absolute atomic E-state index is 9.30. The summed E-state index contributed by atoms with van der Waals surface area (Å²) in [6.07, 6.45) is 3.66. The molecule has 0 spiro atoms. The molecule has 5 heteroatoms. The van der Waals surface area contributed by atoms with Gasteiger partial charge >= 0.3 is 0 Å². The summed E-state index contributed by atoms with van der Waals surface area (Å²) < 4.78 is 0. The van der Waals surface area contributed by atoms with Crippen LogP contribution in [0.3, 0.4) is 0 Å². The van der Waals surface area contributed by atoms with Crippen molar-refractivity contribution >= 4 is 9.39 Å². The molecular weight excluding hydrogens is 163 g/mol. The fourth-order valence-electron chi connectivity index (χ4n) is 1.10. The van der Waals surface area contributed by atoms with Gasteiger partial charge in [0.2, 0.25) is 0 Å². The first-order valence-electron chi connectivity index (χ1n) is 3.50. The Balaban J connectivity index is 2.42. The van der Waals surface area contributed by atoms with Gasteiger partial charge in [-0.25, -0.2) is 0 Å². The van der Waals surface area contributed by atoms with Crippen LogP contribution in [0, 0.1) is 5.92 Å². The van der Waals surface area contributed by atoms with E-state index in [1.54, 1.807) is 6.20 Å². The zero-order valence-corrected chi connectivity index (χ0v) is 7.30. The highest BCUT2D eigenvalue weighted by molar-refractivity contribution is 7.13. The molecule has 3 atom stereocenters. The van der Waals surface area contributed by atoms with E-state index >= 15 is 0 Å². The Kier molecular flexibility index (Phi) is 3.27. The third-order valence-electron chi connectivity index (χ3n) is 1.76. The van der Waals surface area contributed by atoms with E-state index in [1.807, 2.05) is 6.08 Å². The van der Waals surface area contributed by atoms with Crippen LogP contribution in [-0.4, -0.2) is 28.1 Å². The molecule has 0 amide bonds. The van der Waals surface area contributed by atoms with Gasteiger partial charge in [-0.2, -0.15) is 0 Å². The summed E-state index contributed by atoms with van der Waals surface area (Å²) in [7, 11) is 2.25. The summed E-state index contributed by atoms with van der Waals surface area (Å²) in [4.78, 5) is 0. The summed E-state index contributed by atoms with van der Waals surface area (Å²) >= 11 is 0. The van der Waals surface area contributed by atoms with Gasteiger partial charge in [-0.05, 0) is 6.42 Å².